The van der Waals surface area contributed by atoms with Gasteiger partial charge in [-0.3, -0.25) is 38.6 Å². The van der Waals surface area contributed by atoms with Gasteiger partial charge in [0.05, 0.1) is 23.7 Å². The lowest BCUT2D eigenvalue weighted by Crippen LogP contribution is -2.43. The van der Waals surface area contributed by atoms with Crippen LogP contribution < -0.4 is 4.74 Å². The van der Waals surface area contributed by atoms with Crippen LogP contribution in [0.4, 0.5) is 0 Å². The number of aromatic hydroxyl groups is 1. The molecule has 51 heavy (non-hydrogen) atoms. The van der Waals surface area contributed by atoms with Crippen molar-refractivity contribution in [2.24, 2.45) is 29.6 Å². The molecule has 2 aliphatic carbocycles. The number of carboxylic acids is 2. The third kappa shape index (κ3) is 7.41. The van der Waals surface area contributed by atoms with E-state index in [2.05, 4.69) is 0 Å². The molecule has 3 fully saturated rings. The van der Waals surface area contributed by atoms with E-state index in [0.717, 1.165) is 11.1 Å². The average Bonchev–Trinajstić information content (AvgIpc) is 3.49. The van der Waals surface area contributed by atoms with Gasteiger partial charge in [-0.05, 0) is 56.1 Å². The number of carbonyl (C=O) groups is 6. The fourth-order valence-corrected chi connectivity index (χ4v) is 8.57. The monoisotopic (exact) mass is 700 g/mol. The number of likely N-dealkylation sites (tertiary alicyclic amines) is 2. The van der Waals surface area contributed by atoms with Crippen molar-refractivity contribution in [1.29, 1.82) is 0 Å². The molecule has 0 radical (unpaired) electrons. The number of fused-ring (bicyclic) bond motifs is 4. The van der Waals surface area contributed by atoms with E-state index in [1.165, 1.54) is 15.9 Å². The highest BCUT2D eigenvalue weighted by molar-refractivity contribution is 6.08. The molecule has 0 aromatic heterocycles. The van der Waals surface area contributed by atoms with Crippen LogP contribution >= 0.6 is 0 Å². The summed E-state index contributed by atoms with van der Waals surface area (Å²) < 4.78 is 5.94. The largest absolute Gasteiger partial charge is 0.508 e. The number of phenols is 1. The van der Waals surface area contributed by atoms with Crippen LogP contribution in [0, 0.1) is 29.6 Å². The van der Waals surface area contributed by atoms with E-state index in [1.807, 2.05) is 36.4 Å². The molecule has 2 heterocycles. The molecule has 2 aromatic carbocycles. The Morgan fingerprint density at radius 3 is 1.92 bits per heavy atom. The SMILES string of the molecule is O=C(O)CCCCCN1C(=O)C2CC=C3C(CC4C(=O)N(CCCCCC(=O)O)C(=O)C4C3c3ccc(OCc4ccccc4)cc3O)C2C1=O. The number of hydrogen-bond acceptors (Lipinski definition) is 8. The second-order valence-corrected chi connectivity index (χ2v) is 14.1. The summed E-state index contributed by atoms with van der Waals surface area (Å²) in [5.41, 5.74) is 2.17. The number of carboxylic acid groups (broad SMARTS) is 2. The summed E-state index contributed by atoms with van der Waals surface area (Å²) in [6.07, 6.45) is 5.38. The van der Waals surface area contributed by atoms with Crippen LogP contribution in [-0.4, -0.2) is 73.8 Å². The molecule has 0 bridgehead atoms. The molecular formula is C39H44N2O10. The minimum Gasteiger partial charge on any atom is -0.508 e. The molecule has 2 aromatic rings. The molecule has 3 N–H and O–H groups in total. The number of phenolic OH excluding ortho intramolecular Hbond substituents is 1. The van der Waals surface area contributed by atoms with Gasteiger partial charge in [-0.25, -0.2) is 0 Å². The number of imide groups is 2. The number of amides is 4. The van der Waals surface area contributed by atoms with E-state index < -0.39 is 47.4 Å². The summed E-state index contributed by atoms with van der Waals surface area (Å²) >= 11 is 0. The molecule has 4 amide bonds. The van der Waals surface area contributed by atoms with Gasteiger partial charge in [0.2, 0.25) is 23.6 Å². The van der Waals surface area contributed by atoms with Gasteiger partial charge in [0.1, 0.15) is 18.1 Å². The molecule has 6 unspecified atom stereocenters. The van der Waals surface area contributed by atoms with Gasteiger partial charge in [0, 0.05) is 43.5 Å². The summed E-state index contributed by atoms with van der Waals surface area (Å²) in [6.45, 7) is 0.628. The van der Waals surface area contributed by atoms with Gasteiger partial charge in [-0.1, -0.05) is 60.9 Å². The third-order valence-corrected chi connectivity index (χ3v) is 11.0. The number of hydrogen-bond donors (Lipinski definition) is 3. The van der Waals surface area contributed by atoms with Gasteiger partial charge in [-0.2, -0.15) is 0 Å². The highest BCUT2D eigenvalue weighted by Gasteiger charge is 2.62. The summed E-state index contributed by atoms with van der Waals surface area (Å²) in [5.74, 6) is -6.82. The van der Waals surface area contributed by atoms with Crippen LogP contribution in [0.25, 0.3) is 0 Å². The van der Waals surface area contributed by atoms with E-state index in [9.17, 15) is 33.9 Å². The summed E-state index contributed by atoms with van der Waals surface area (Å²) in [5, 5.41) is 29.4. The maximum Gasteiger partial charge on any atom is 0.303 e. The molecule has 0 spiro atoms. The third-order valence-electron chi connectivity index (χ3n) is 11.0. The molecule has 1 saturated carbocycles. The zero-order chi connectivity index (χ0) is 36.2. The van der Waals surface area contributed by atoms with E-state index in [1.54, 1.807) is 12.1 Å². The first-order chi connectivity index (χ1) is 24.6. The predicted octanol–water partition coefficient (Wildman–Crippen LogP) is 4.90. The number of ether oxygens (including phenoxy) is 1. The minimum atomic E-state index is -0.903. The predicted molar refractivity (Wildman–Crippen MR) is 182 cm³/mol. The number of benzene rings is 2. The molecule has 6 rings (SSSR count). The zero-order valence-electron chi connectivity index (χ0n) is 28.4. The number of nitrogens with zero attached hydrogens (tertiary/aromatic N) is 2. The zero-order valence-corrected chi connectivity index (χ0v) is 28.4. The van der Waals surface area contributed by atoms with Crippen LogP contribution in [0.1, 0.15) is 81.3 Å². The van der Waals surface area contributed by atoms with Crippen molar-refractivity contribution >= 4 is 35.6 Å². The summed E-state index contributed by atoms with van der Waals surface area (Å²) in [4.78, 5) is 80.1. The van der Waals surface area contributed by atoms with Crippen molar-refractivity contribution in [2.75, 3.05) is 13.1 Å². The number of aliphatic carboxylic acids is 2. The average molecular weight is 701 g/mol. The topological polar surface area (TPSA) is 179 Å². The van der Waals surface area contributed by atoms with Crippen molar-refractivity contribution in [3.05, 3.63) is 71.3 Å². The number of unbranched alkanes of at least 4 members (excludes halogenated alkanes) is 4. The first kappa shape index (κ1) is 35.8. The van der Waals surface area contributed by atoms with E-state index in [-0.39, 0.29) is 68.3 Å². The standard InChI is InChI=1S/C39H44N2O10/c42-30-20-24(51-22-23-10-4-1-5-11-23)14-15-26(30)33-25-16-17-27-34(38(49)40(36(27)47)18-8-2-6-12-31(43)44)28(25)21-29-35(33)39(50)41(37(29)48)19-9-3-7-13-32(45)46/h1,4-5,10-11,14-16,20,27-29,33-35,42H,2-3,6-9,12-13,17-19,21-22H2,(H,43,44)(H,45,46). The molecule has 2 saturated heterocycles. The van der Waals surface area contributed by atoms with Crippen LogP contribution in [0.5, 0.6) is 11.5 Å². The van der Waals surface area contributed by atoms with Crippen molar-refractivity contribution in [1.82, 2.24) is 9.80 Å². The Morgan fingerprint density at radius 2 is 1.31 bits per heavy atom. The Labute approximate surface area is 296 Å². The van der Waals surface area contributed by atoms with E-state index in [0.29, 0.717) is 56.3 Å². The molecule has 2 aliphatic heterocycles. The molecule has 4 aliphatic rings. The van der Waals surface area contributed by atoms with Gasteiger partial charge in [0.25, 0.3) is 0 Å². The van der Waals surface area contributed by atoms with Crippen molar-refractivity contribution in [3.63, 3.8) is 0 Å². The Kier molecular flexibility index (Phi) is 10.9. The smallest absolute Gasteiger partial charge is 0.303 e. The second kappa shape index (κ2) is 15.5. The Balaban J connectivity index is 1.27. The number of rotatable bonds is 16. The first-order valence-electron chi connectivity index (χ1n) is 17.9. The fraction of sp³-hybridized carbons (Fsp3) is 0.487. The van der Waals surface area contributed by atoms with Crippen LogP contribution in [-0.2, 0) is 35.4 Å². The molecular weight excluding hydrogens is 656 g/mol. The molecule has 270 valence electrons. The summed E-state index contributed by atoms with van der Waals surface area (Å²) in [7, 11) is 0. The quantitative estimate of drug-likeness (QED) is 0.124. The number of allylic oxidation sites excluding steroid dienone is 2. The van der Waals surface area contributed by atoms with Crippen molar-refractivity contribution in [2.45, 2.75) is 76.7 Å². The van der Waals surface area contributed by atoms with Gasteiger partial charge in [0.15, 0.2) is 0 Å². The van der Waals surface area contributed by atoms with Crippen LogP contribution in [0.15, 0.2) is 60.2 Å². The maximum atomic E-state index is 14.1. The van der Waals surface area contributed by atoms with Crippen molar-refractivity contribution in [3.8, 4) is 11.5 Å². The lowest BCUT2D eigenvalue weighted by atomic mass is 9.57. The minimum absolute atomic E-state index is 0.00401. The second-order valence-electron chi connectivity index (χ2n) is 14.1. The molecule has 12 heteroatoms. The highest BCUT2D eigenvalue weighted by atomic mass is 16.5. The van der Waals surface area contributed by atoms with Crippen molar-refractivity contribution < 1.29 is 48.8 Å². The Morgan fingerprint density at radius 1 is 0.706 bits per heavy atom. The fourth-order valence-electron chi connectivity index (χ4n) is 8.57. The van der Waals surface area contributed by atoms with Crippen LogP contribution in [0.3, 0.4) is 0 Å². The maximum absolute atomic E-state index is 14.1. The first-order valence-corrected chi connectivity index (χ1v) is 17.9. The number of carbonyl (C=O) groups excluding carboxylic acids is 4. The lowest BCUT2D eigenvalue weighted by molar-refractivity contribution is -0.142. The Bertz CT molecular complexity index is 1720. The van der Waals surface area contributed by atoms with E-state index >= 15 is 0 Å². The normalized spacial score (nSPS) is 25.4. The lowest BCUT2D eigenvalue weighted by Gasteiger charge is -2.44. The molecule has 12 nitrogen and oxygen atoms in total. The Hall–Kier alpha value is -5.00. The van der Waals surface area contributed by atoms with Gasteiger partial charge in [-0.15, -0.1) is 0 Å². The van der Waals surface area contributed by atoms with E-state index in [4.69, 9.17) is 14.9 Å². The summed E-state index contributed by atoms with van der Waals surface area (Å²) in [6, 6.07) is 14.5. The van der Waals surface area contributed by atoms with Gasteiger partial charge >= 0.3 is 11.9 Å². The van der Waals surface area contributed by atoms with Gasteiger partial charge < -0.3 is 20.1 Å². The molecule has 6 atom stereocenters. The highest BCUT2D eigenvalue weighted by Crippen LogP contribution is 2.59. The van der Waals surface area contributed by atoms with Crippen LogP contribution in [0.2, 0.25) is 0 Å².